The zero-order chi connectivity index (χ0) is 14.4. The number of anilines is 2. The third-order valence-electron chi connectivity index (χ3n) is 2.57. The van der Waals surface area contributed by atoms with Gasteiger partial charge >= 0.3 is 0 Å². The SMILES string of the molecule is CCOc1ccc(NC(=O)c2ccc(NC)nc2)cn1. The van der Waals surface area contributed by atoms with Crippen LogP contribution in [0, 0.1) is 0 Å². The second-order valence-electron chi connectivity index (χ2n) is 3.95. The Hall–Kier alpha value is -2.63. The number of ether oxygens (including phenoxy) is 1. The van der Waals surface area contributed by atoms with Crippen LogP contribution in [0.1, 0.15) is 17.3 Å². The van der Waals surface area contributed by atoms with Gasteiger partial charge in [-0.1, -0.05) is 0 Å². The third kappa shape index (κ3) is 3.44. The molecule has 0 aliphatic heterocycles. The highest BCUT2D eigenvalue weighted by atomic mass is 16.5. The average Bonchev–Trinajstić information content (AvgIpc) is 2.49. The van der Waals surface area contributed by atoms with Crippen LogP contribution < -0.4 is 15.4 Å². The number of nitrogens with zero attached hydrogens (tertiary/aromatic N) is 2. The molecule has 0 saturated heterocycles. The molecule has 1 amide bonds. The molecular weight excluding hydrogens is 256 g/mol. The van der Waals surface area contributed by atoms with Crippen molar-refractivity contribution in [3.63, 3.8) is 0 Å². The maximum Gasteiger partial charge on any atom is 0.257 e. The van der Waals surface area contributed by atoms with Gasteiger partial charge in [0.15, 0.2) is 0 Å². The maximum atomic E-state index is 12.0. The highest BCUT2D eigenvalue weighted by molar-refractivity contribution is 6.04. The van der Waals surface area contributed by atoms with E-state index in [0.29, 0.717) is 29.6 Å². The monoisotopic (exact) mass is 272 g/mol. The summed E-state index contributed by atoms with van der Waals surface area (Å²) >= 11 is 0. The summed E-state index contributed by atoms with van der Waals surface area (Å²) in [4.78, 5) is 20.2. The normalized spacial score (nSPS) is 9.90. The van der Waals surface area contributed by atoms with E-state index >= 15 is 0 Å². The van der Waals surface area contributed by atoms with Gasteiger partial charge in [0.2, 0.25) is 5.88 Å². The van der Waals surface area contributed by atoms with Gasteiger partial charge < -0.3 is 15.4 Å². The molecule has 0 aliphatic rings. The van der Waals surface area contributed by atoms with Crippen molar-refractivity contribution in [2.45, 2.75) is 6.92 Å². The lowest BCUT2D eigenvalue weighted by molar-refractivity contribution is 0.102. The van der Waals surface area contributed by atoms with Crippen LogP contribution in [0.3, 0.4) is 0 Å². The lowest BCUT2D eigenvalue weighted by atomic mass is 10.2. The zero-order valence-corrected chi connectivity index (χ0v) is 11.4. The van der Waals surface area contributed by atoms with Crippen molar-refractivity contribution < 1.29 is 9.53 Å². The predicted molar refractivity (Wildman–Crippen MR) is 77.1 cm³/mol. The van der Waals surface area contributed by atoms with Crippen LogP contribution in [0.25, 0.3) is 0 Å². The third-order valence-corrected chi connectivity index (χ3v) is 2.57. The molecule has 0 atom stereocenters. The van der Waals surface area contributed by atoms with Crippen LogP contribution in [0.2, 0.25) is 0 Å². The molecule has 2 aromatic rings. The standard InChI is InChI=1S/C14H16N4O2/c1-3-20-13-7-5-11(9-17-13)18-14(19)10-4-6-12(15-2)16-8-10/h4-9H,3H2,1-2H3,(H,15,16)(H,18,19). The Morgan fingerprint density at radius 2 is 2.05 bits per heavy atom. The molecule has 0 saturated carbocycles. The molecule has 2 heterocycles. The fourth-order valence-electron chi connectivity index (χ4n) is 1.57. The van der Waals surface area contributed by atoms with Gasteiger partial charge in [-0.3, -0.25) is 4.79 Å². The molecule has 104 valence electrons. The average molecular weight is 272 g/mol. The summed E-state index contributed by atoms with van der Waals surface area (Å²) in [6.45, 7) is 2.45. The molecule has 2 aromatic heterocycles. The summed E-state index contributed by atoms with van der Waals surface area (Å²) in [5.74, 6) is 1.01. The van der Waals surface area contributed by atoms with E-state index in [1.165, 1.54) is 6.20 Å². The van der Waals surface area contributed by atoms with Crippen LogP contribution in [-0.4, -0.2) is 29.5 Å². The molecule has 20 heavy (non-hydrogen) atoms. The second-order valence-corrected chi connectivity index (χ2v) is 3.95. The predicted octanol–water partition coefficient (Wildman–Crippen LogP) is 2.17. The molecular formula is C14H16N4O2. The van der Waals surface area contributed by atoms with Gasteiger partial charge in [0.25, 0.3) is 5.91 Å². The van der Waals surface area contributed by atoms with E-state index in [4.69, 9.17) is 4.74 Å². The lowest BCUT2D eigenvalue weighted by Crippen LogP contribution is -2.12. The number of amides is 1. The van der Waals surface area contributed by atoms with Gasteiger partial charge in [0, 0.05) is 19.3 Å². The highest BCUT2D eigenvalue weighted by Crippen LogP contribution is 2.13. The topological polar surface area (TPSA) is 76.1 Å². The Morgan fingerprint density at radius 1 is 1.20 bits per heavy atom. The number of pyridine rings is 2. The van der Waals surface area contributed by atoms with Crippen LogP contribution in [0.5, 0.6) is 5.88 Å². The number of aromatic nitrogens is 2. The van der Waals surface area contributed by atoms with Gasteiger partial charge in [-0.15, -0.1) is 0 Å². The summed E-state index contributed by atoms with van der Waals surface area (Å²) in [7, 11) is 1.77. The van der Waals surface area contributed by atoms with Crippen molar-refractivity contribution in [2.75, 3.05) is 24.3 Å². The summed E-state index contributed by atoms with van der Waals surface area (Å²) in [5.41, 5.74) is 1.09. The van der Waals surface area contributed by atoms with E-state index in [1.807, 2.05) is 6.92 Å². The van der Waals surface area contributed by atoms with E-state index in [-0.39, 0.29) is 5.91 Å². The first-order chi connectivity index (χ1) is 9.72. The van der Waals surface area contributed by atoms with E-state index in [2.05, 4.69) is 20.6 Å². The zero-order valence-electron chi connectivity index (χ0n) is 11.4. The maximum absolute atomic E-state index is 12.0. The molecule has 2 N–H and O–H groups in total. The van der Waals surface area contributed by atoms with Crippen molar-refractivity contribution in [1.29, 1.82) is 0 Å². The number of carbonyl (C=O) groups is 1. The number of hydrogen-bond acceptors (Lipinski definition) is 5. The van der Waals surface area contributed by atoms with E-state index in [9.17, 15) is 4.79 Å². The van der Waals surface area contributed by atoms with Crippen molar-refractivity contribution in [3.05, 3.63) is 42.2 Å². The fraction of sp³-hybridized carbons (Fsp3) is 0.214. The fourth-order valence-corrected chi connectivity index (χ4v) is 1.57. The van der Waals surface area contributed by atoms with Gasteiger partial charge in [0.05, 0.1) is 24.1 Å². The minimum Gasteiger partial charge on any atom is -0.478 e. The quantitative estimate of drug-likeness (QED) is 0.872. The van der Waals surface area contributed by atoms with Crippen molar-refractivity contribution in [1.82, 2.24) is 9.97 Å². The Kier molecular flexibility index (Phi) is 4.49. The molecule has 6 heteroatoms. The second kappa shape index (κ2) is 6.51. The minimum atomic E-state index is -0.230. The minimum absolute atomic E-state index is 0.230. The van der Waals surface area contributed by atoms with Gasteiger partial charge in [0.1, 0.15) is 5.82 Å². The number of hydrogen-bond donors (Lipinski definition) is 2. The number of nitrogens with one attached hydrogen (secondary N) is 2. The van der Waals surface area contributed by atoms with Gasteiger partial charge in [-0.05, 0) is 25.1 Å². The van der Waals surface area contributed by atoms with Crippen LogP contribution in [0.15, 0.2) is 36.7 Å². The molecule has 0 aromatic carbocycles. The molecule has 0 radical (unpaired) electrons. The van der Waals surface area contributed by atoms with Gasteiger partial charge in [-0.2, -0.15) is 0 Å². The Labute approximate surface area is 117 Å². The number of rotatable bonds is 5. The summed E-state index contributed by atoms with van der Waals surface area (Å²) < 4.78 is 5.24. The molecule has 0 bridgehead atoms. The molecule has 0 spiro atoms. The van der Waals surface area contributed by atoms with Crippen LogP contribution in [0.4, 0.5) is 11.5 Å². The Bertz CT molecular complexity index is 567. The molecule has 0 unspecified atom stereocenters. The largest absolute Gasteiger partial charge is 0.478 e. The summed E-state index contributed by atoms with van der Waals surface area (Å²) in [6.07, 6.45) is 3.07. The first-order valence-electron chi connectivity index (χ1n) is 6.27. The smallest absolute Gasteiger partial charge is 0.257 e. The summed E-state index contributed by atoms with van der Waals surface area (Å²) in [5, 5.41) is 5.64. The molecule has 0 aliphatic carbocycles. The highest BCUT2D eigenvalue weighted by Gasteiger charge is 2.07. The number of carbonyl (C=O) groups excluding carboxylic acids is 1. The van der Waals surface area contributed by atoms with Crippen LogP contribution >= 0.6 is 0 Å². The van der Waals surface area contributed by atoms with Crippen molar-refractivity contribution in [3.8, 4) is 5.88 Å². The van der Waals surface area contributed by atoms with Crippen LogP contribution in [-0.2, 0) is 0 Å². The van der Waals surface area contributed by atoms with E-state index in [0.717, 1.165) is 0 Å². The van der Waals surface area contributed by atoms with Crippen molar-refractivity contribution >= 4 is 17.4 Å². The molecule has 6 nitrogen and oxygen atoms in total. The molecule has 0 fully saturated rings. The first-order valence-corrected chi connectivity index (χ1v) is 6.27. The van der Waals surface area contributed by atoms with Crippen molar-refractivity contribution in [2.24, 2.45) is 0 Å². The van der Waals surface area contributed by atoms with E-state index in [1.54, 1.807) is 37.5 Å². The summed E-state index contributed by atoms with van der Waals surface area (Å²) in [6, 6.07) is 6.90. The molecule has 2 rings (SSSR count). The van der Waals surface area contributed by atoms with Gasteiger partial charge in [-0.25, -0.2) is 9.97 Å². The van der Waals surface area contributed by atoms with E-state index < -0.39 is 0 Å². The Balaban J connectivity index is 2.02. The Morgan fingerprint density at radius 3 is 2.60 bits per heavy atom. The first kappa shape index (κ1) is 13.8. The lowest BCUT2D eigenvalue weighted by Gasteiger charge is -2.06.